The van der Waals surface area contributed by atoms with Gasteiger partial charge in [-0.15, -0.1) is 0 Å². The van der Waals surface area contributed by atoms with Gasteiger partial charge in [0.05, 0.1) is 23.1 Å². The molecule has 0 radical (unpaired) electrons. The van der Waals surface area contributed by atoms with Gasteiger partial charge in [-0.05, 0) is 25.1 Å². The first-order chi connectivity index (χ1) is 10.1. The van der Waals surface area contributed by atoms with E-state index >= 15 is 0 Å². The van der Waals surface area contributed by atoms with E-state index in [-0.39, 0.29) is 5.91 Å². The lowest BCUT2D eigenvalue weighted by atomic mass is 10.2. The Balaban J connectivity index is 1.97. The molecule has 0 bridgehead atoms. The van der Waals surface area contributed by atoms with E-state index in [0.717, 1.165) is 0 Å². The van der Waals surface area contributed by atoms with Gasteiger partial charge in [-0.1, -0.05) is 11.6 Å². The number of nitrogens with zero attached hydrogens (tertiary/aromatic N) is 4. The summed E-state index contributed by atoms with van der Waals surface area (Å²) in [6.07, 6.45) is 4.44. The second kappa shape index (κ2) is 5.37. The van der Waals surface area contributed by atoms with Gasteiger partial charge in [-0.3, -0.25) is 9.89 Å². The molecule has 3 aromatic rings. The van der Waals surface area contributed by atoms with Crippen molar-refractivity contribution in [1.82, 2.24) is 25.0 Å². The number of anilines is 1. The Kier molecular flexibility index (Phi) is 3.41. The first kappa shape index (κ1) is 13.3. The summed E-state index contributed by atoms with van der Waals surface area (Å²) in [6.45, 7) is 1.78. The van der Waals surface area contributed by atoms with E-state index < -0.39 is 0 Å². The zero-order valence-electron chi connectivity index (χ0n) is 11.0. The lowest BCUT2D eigenvalue weighted by molar-refractivity contribution is 0.102. The lowest BCUT2D eigenvalue weighted by Crippen LogP contribution is -2.14. The number of aromatic amines is 1. The number of carbonyl (C=O) groups is 1. The summed E-state index contributed by atoms with van der Waals surface area (Å²) in [5.74, 6) is -0.273. The average molecular weight is 303 g/mol. The summed E-state index contributed by atoms with van der Waals surface area (Å²) >= 11 is 6.00. The van der Waals surface area contributed by atoms with Crippen LogP contribution >= 0.6 is 11.6 Å². The number of hydrogen-bond donors (Lipinski definition) is 2. The van der Waals surface area contributed by atoms with Crippen LogP contribution in [0.5, 0.6) is 0 Å². The van der Waals surface area contributed by atoms with Crippen LogP contribution in [0.3, 0.4) is 0 Å². The molecule has 0 fully saturated rings. The molecule has 2 heterocycles. The summed E-state index contributed by atoms with van der Waals surface area (Å²) < 4.78 is 1.55. The largest absolute Gasteiger partial charge is 0.320 e. The Morgan fingerprint density at radius 2 is 2.29 bits per heavy atom. The van der Waals surface area contributed by atoms with Crippen molar-refractivity contribution in [2.24, 2.45) is 0 Å². The van der Waals surface area contributed by atoms with Crippen LogP contribution in [-0.4, -0.2) is 30.9 Å². The highest BCUT2D eigenvalue weighted by Crippen LogP contribution is 2.24. The van der Waals surface area contributed by atoms with Crippen LogP contribution in [0.1, 0.15) is 16.1 Å². The highest BCUT2D eigenvalue weighted by Gasteiger charge is 2.14. The highest BCUT2D eigenvalue weighted by molar-refractivity contribution is 6.31. The number of aromatic nitrogens is 5. The van der Waals surface area contributed by atoms with Crippen molar-refractivity contribution in [2.75, 3.05) is 5.32 Å². The van der Waals surface area contributed by atoms with Gasteiger partial charge in [-0.25, -0.2) is 9.67 Å². The first-order valence-electron chi connectivity index (χ1n) is 6.11. The fourth-order valence-electron chi connectivity index (χ4n) is 1.91. The molecule has 0 aliphatic heterocycles. The normalized spacial score (nSPS) is 10.6. The molecule has 0 aliphatic rings. The van der Waals surface area contributed by atoms with Gasteiger partial charge in [0.15, 0.2) is 0 Å². The minimum atomic E-state index is -0.273. The molecular formula is C13H11ClN6O. The minimum Gasteiger partial charge on any atom is -0.320 e. The maximum atomic E-state index is 12.3. The number of halogens is 1. The molecule has 8 heteroatoms. The second-order valence-corrected chi connectivity index (χ2v) is 4.80. The van der Waals surface area contributed by atoms with Gasteiger partial charge in [0.2, 0.25) is 0 Å². The Morgan fingerprint density at radius 1 is 1.43 bits per heavy atom. The van der Waals surface area contributed by atoms with Crippen LogP contribution in [0, 0.1) is 6.92 Å². The van der Waals surface area contributed by atoms with Crippen molar-refractivity contribution in [1.29, 1.82) is 0 Å². The Morgan fingerprint density at radius 3 is 2.95 bits per heavy atom. The molecule has 2 N–H and O–H groups in total. The third kappa shape index (κ3) is 2.63. The molecule has 106 valence electrons. The molecule has 1 amide bonds. The molecule has 0 saturated carbocycles. The summed E-state index contributed by atoms with van der Waals surface area (Å²) in [5.41, 5.74) is 2.38. The summed E-state index contributed by atoms with van der Waals surface area (Å²) in [7, 11) is 0. The van der Waals surface area contributed by atoms with Gasteiger partial charge in [0.1, 0.15) is 12.7 Å². The van der Waals surface area contributed by atoms with Crippen molar-refractivity contribution in [2.45, 2.75) is 6.92 Å². The SMILES string of the molecule is Cc1[nH]ncc1C(=O)Nc1cc(Cl)ccc1-n1cncn1. The quantitative estimate of drug-likeness (QED) is 0.776. The van der Waals surface area contributed by atoms with E-state index in [1.807, 2.05) is 0 Å². The van der Waals surface area contributed by atoms with Gasteiger partial charge >= 0.3 is 0 Å². The highest BCUT2D eigenvalue weighted by atomic mass is 35.5. The molecule has 7 nitrogen and oxygen atoms in total. The van der Waals surface area contributed by atoms with E-state index in [9.17, 15) is 4.79 Å². The monoisotopic (exact) mass is 302 g/mol. The number of nitrogens with one attached hydrogen (secondary N) is 2. The first-order valence-corrected chi connectivity index (χ1v) is 6.49. The molecule has 0 saturated heterocycles. The summed E-state index contributed by atoms with van der Waals surface area (Å²) in [6, 6.07) is 5.14. The standard InChI is InChI=1S/C13H11ClN6O/c1-8-10(5-16-19-8)13(21)18-11-4-9(14)2-3-12(11)20-7-15-6-17-20/h2-7H,1H3,(H,16,19)(H,18,21). The molecule has 0 unspecified atom stereocenters. The fourth-order valence-corrected chi connectivity index (χ4v) is 2.08. The molecular weight excluding hydrogens is 292 g/mol. The fraction of sp³-hybridized carbons (Fsp3) is 0.0769. The number of benzene rings is 1. The molecule has 1 aromatic carbocycles. The predicted molar refractivity (Wildman–Crippen MR) is 77.6 cm³/mol. The van der Waals surface area contributed by atoms with E-state index in [4.69, 9.17) is 11.6 Å². The third-order valence-electron chi connectivity index (χ3n) is 2.95. The number of carbonyl (C=O) groups excluding carboxylic acids is 1. The molecule has 0 aliphatic carbocycles. The van der Waals surface area contributed by atoms with Gasteiger partial charge in [-0.2, -0.15) is 10.2 Å². The maximum absolute atomic E-state index is 12.3. The van der Waals surface area contributed by atoms with Crippen molar-refractivity contribution in [3.8, 4) is 5.69 Å². The zero-order chi connectivity index (χ0) is 14.8. The zero-order valence-corrected chi connectivity index (χ0v) is 11.8. The van der Waals surface area contributed by atoms with Crippen molar-refractivity contribution in [3.63, 3.8) is 0 Å². The smallest absolute Gasteiger partial charge is 0.259 e. The molecule has 21 heavy (non-hydrogen) atoms. The molecule has 0 spiro atoms. The van der Waals surface area contributed by atoms with Gasteiger partial charge in [0, 0.05) is 10.7 Å². The van der Waals surface area contributed by atoms with Gasteiger partial charge in [0.25, 0.3) is 5.91 Å². The number of H-pyrrole nitrogens is 1. The Bertz CT molecular complexity index is 780. The van der Waals surface area contributed by atoms with E-state index in [1.54, 1.807) is 36.1 Å². The number of aryl methyl sites for hydroxylation is 1. The maximum Gasteiger partial charge on any atom is 0.259 e. The van der Waals surface area contributed by atoms with E-state index in [2.05, 4.69) is 25.6 Å². The molecule has 0 atom stereocenters. The van der Waals surface area contributed by atoms with Gasteiger partial charge < -0.3 is 5.32 Å². The van der Waals surface area contributed by atoms with Crippen molar-refractivity contribution in [3.05, 3.63) is 53.3 Å². The third-order valence-corrected chi connectivity index (χ3v) is 3.18. The Labute approximate surface area is 125 Å². The lowest BCUT2D eigenvalue weighted by Gasteiger charge is -2.11. The van der Waals surface area contributed by atoms with E-state index in [1.165, 1.54) is 12.5 Å². The van der Waals surface area contributed by atoms with Crippen LogP contribution in [0.2, 0.25) is 5.02 Å². The number of hydrogen-bond acceptors (Lipinski definition) is 4. The van der Waals surface area contributed by atoms with E-state index in [0.29, 0.717) is 27.7 Å². The predicted octanol–water partition coefficient (Wildman–Crippen LogP) is 2.20. The summed E-state index contributed by atoms with van der Waals surface area (Å²) in [4.78, 5) is 16.2. The topological polar surface area (TPSA) is 88.5 Å². The van der Waals surface area contributed by atoms with Crippen LogP contribution < -0.4 is 5.32 Å². The van der Waals surface area contributed by atoms with Crippen LogP contribution in [0.15, 0.2) is 37.1 Å². The van der Waals surface area contributed by atoms with Crippen molar-refractivity contribution >= 4 is 23.2 Å². The summed E-state index contributed by atoms with van der Waals surface area (Å²) in [5, 5.41) is 13.9. The average Bonchev–Trinajstić information content (AvgIpc) is 3.10. The number of amides is 1. The second-order valence-electron chi connectivity index (χ2n) is 4.36. The van der Waals surface area contributed by atoms with Crippen LogP contribution in [-0.2, 0) is 0 Å². The van der Waals surface area contributed by atoms with Crippen molar-refractivity contribution < 1.29 is 4.79 Å². The molecule has 3 rings (SSSR count). The minimum absolute atomic E-state index is 0.273. The molecule has 2 aromatic heterocycles. The van der Waals surface area contributed by atoms with Crippen LogP contribution in [0.25, 0.3) is 5.69 Å². The Hall–Kier alpha value is -2.67. The van der Waals surface area contributed by atoms with Crippen LogP contribution in [0.4, 0.5) is 5.69 Å². The number of rotatable bonds is 3.